The molecule has 0 aliphatic rings. The van der Waals surface area contributed by atoms with Gasteiger partial charge in [0.1, 0.15) is 21.7 Å². The van der Waals surface area contributed by atoms with Crippen LogP contribution in [0.2, 0.25) is 10.3 Å². The Kier molecular flexibility index (Phi) is 5.82. The molecule has 0 amide bonds. The van der Waals surface area contributed by atoms with Crippen molar-refractivity contribution in [1.82, 2.24) is 9.97 Å². The lowest BCUT2D eigenvalue weighted by molar-refractivity contribution is 0.413. The number of hydrogen-bond donors (Lipinski definition) is 1. The Balaban J connectivity index is 2.24. The average Bonchev–Trinajstić information content (AvgIpc) is 2.50. The summed E-state index contributed by atoms with van der Waals surface area (Å²) in [5.41, 5.74) is 3.00. The minimum absolute atomic E-state index is 0.107. The van der Waals surface area contributed by atoms with Crippen molar-refractivity contribution in [3.05, 3.63) is 39.9 Å². The van der Waals surface area contributed by atoms with Crippen molar-refractivity contribution in [1.29, 1.82) is 0 Å². The first-order valence-corrected chi connectivity index (χ1v) is 7.93. The van der Waals surface area contributed by atoms with Gasteiger partial charge in [-0.25, -0.2) is 14.4 Å². The van der Waals surface area contributed by atoms with Crippen LogP contribution in [-0.4, -0.2) is 29.5 Å². The number of ether oxygens (including phenoxy) is 1. The zero-order valence-corrected chi connectivity index (χ0v) is 13.9. The molecule has 1 heterocycles. The summed E-state index contributed by atoms with van der Waals surface area (Å²) in [6, 6.07) is 4.43. The van der Waals surface area contributed by atoms with E-state index in [1.807, 2.05) is 6.26 Å². The van der Waals surface area contributed by atoms with Crippen molar-refractivity contribution in [3.63, 3.8) is 0 Å². The first-order chi connectivity index (χ1) is 10.6. The van der Waals surface area contributed by atoms with Crippen molar-refractivity contribution in [3.8, 4) is 5.75 Å². The van der Waals surface area contributed by atoms with Gasteiger partial charge in [0.15, 0.2) is 11.0 Å². The fraction of sp³-hybridized carbons (Fsp3) is 0.154. The highest BCUT2D eigenvalue weighted by Gasteiger charge is 2.10. The van der Waals surface area contributed by atoms with Crippen LogP contribution in [-0.2, 0) is 0 Å². The van der Waals surface area contributed by atoms with E-state index in [1.54, 1.807) is 6.07 Å². The van der Waals surface area contributed by atoms with Gasteiger partial charge >= 0.3 is 0 Å². The highest BCUT2D eigenvalue weighted by molar-refractivity contribution is 7.98. The molecular weight excluding hydrogens is 350 g/mol. The fourth-order valence-electron chi connectivity index (χ4n) is 1.54. The summed E-state index contributed by atoms with van der Waals surface area (Å²) in [5, 5.41) is 4.69. The zero-order chi connectivity index (χ0) is 16.1. The third-order valence-corrected chi connectivity index (χ3v) is 3.70. The molecule has 0 aliphatic carbocycles. The smallest absolute Gasteiger partial charge is 0.190 e. The van der Waals surface area contributed by atoms with Crippen LogP contribution in [0.5, 0.6) is 5.75 Å². The van der Waals surface area contributed by atoms with Gasteiger partial charge in [0.25, 0.3) is 0 Å². The number of thioether (sulfide) groups is 1. The van der Waals surface area contributed by atoms with Crippen LogP contribution in [0, 0.1) is 5.82 Å². The second-order valence-electron chi connectivity index (χ2n) is 3.89. The van der Waals surface area contributed by atoms with E-state index in [1.165, 1.54) is 37.2 Å². The van der Waals surface area contributed by atoms with Gasteiger partial charge in [-0.05, 0) is 18.4 Å². The van der Waals surface area contributed by atoms with Crippen LogP contribution in [0.1, 0.15) is 5.56 Å². The van der Waals surface area contributed by atoms with Crippen molar-refractivity contribution in [2.24, 2.45) is 5.10 Å². The van der Waals surface area contributed by atoms with Crippen LogP contribution in [0.25, 0.3) is 0 Å². The van der Waals surface area contributed by atoms with E-state index in [0.29, 0.717) is 16.5 Å². The van der Waals surface area contributed by atoms with Crippen LogP contribution in [0.4, 0.5) is 10.1 Å². The number of para-hydroxylation sites is 1. The Hall–Kier alpha value is -1.57. The predicted octanol–water partition coefficient (Wildman–Crippen LogP) is 4.10. The molecule has 0 unspecified atom stereocenters. The number of halogens is 3. The van der Waals surface area contributed by atoms with Gasteiger partial charge in [0.2, 0.25) is 0 Å². The Morgan fingerprint density at radius 3 is 2.59 bits per heavy atom. The molecule has 0 fully saturated rings. The number of hydrogen-bond acceptors (Lipinski definition) is 6. The molecule has 9 heteroatoms. The van der Waals surface area contributed by atoms with Gasteiger partial charge in [0.05, 0.1) is 18.9 Å². The van der Waals surface area contributed by atoms with Gasteiger partial charge in [-0.15, -0.1) is 0 Å². The standard InChI is InChI=1S/C13H11Cl2FN4OS/c1-21-9-5-3-4-8(16)10(9)20-17-6-7-11(14)18-13(22-2)19-12(7)15/h3-6,20H,1-2H3/b17-6+. The summed E-state index contributed by atoms with van der Waals surface area (Å²) in [6.07, 6.45) is 3.13. The van der Waals surface area contributed by atoms with E-state index in [4.69, 9.17) is 27.9 Å². The van der Waals surface area contributed by atoms with Crippen molar-refractivity contribution in [2.75, 3.05) is 18.8 Å². The fourth-order valence-corrected chi connectivity index (χ4v) is 2.49. The minimum Gasteiger partial charge on any atom is -0.494 e. The molecule has 22 heavy (non-hydrogen) atoms. The van der Waals surface area contributed by atoms with E-state index >= 15 is 0 Å². The monoisotopic (exact) mass is 360 g/mol. The molecule has 2 aromatic rings. The third kappa shape index (κ3) is 3.79. The third-order valence-electron chi connectivity index (χ3n) is 2.58. The Morgan fingerprint density at radius 1 is 1.32 bits per heavy atom. The van der Waals surface area contributed by atoms with Crippen molar-refractivity contribution in [2.45, 2.75) is 5.16 Å². The highest BCUT2D eigenvalue weighted by atomic mass is 35.5. The van der Waals surface area contributed by atoms with E-state index in [-0.39, 0.29) is 16.0 Å². The normalized spacial score (nSPS) is 11.0. The molecule has 1 N–H and O–H groups in total. The van der Waals surface area contributed by atoms with E-state index in [9.17, 15) is 4.39 Å². The molecule has 0 aliphatic heterocycles. The Labute approximate surface area is 140 Å². The second-order valence-corrected chi connectivity index (χ2v) is 5.38. The summed E-state index contributed by atoms with van der Waals surface area (Å²) in [6.45, 7) is 0. The van der Waals surface area contributed by atoms with Gasteiger partial charge in [-0.2, -0.15) is 5.10 Å². The molecule has 0 saturated carbocycles. The molecule has 0 atom stereocenters. The molecule has 2 rings (SSSR count). The molecule has 1 aromatic heterocycles. The van der Waals surface area contributed by atoms with E-state index < -0.39 is 5.82 Å². The first kappa shape index (κ1) is 16.8. The molecule has 0 bridgehead atoms. The van der Waals surface area contributed by atoms with Crippen molar-refractivity contribution >= 4 is 46.9 Å². The summed E-state index contributed by atoms with van der Waals surface area (Å²) < 4.78 is 18.8. The molecular formula is C13H11Cl2FN4OS. The highest BCUT2D eigenvalue weighted by Crippen LogP contribution is 2.27. The first-order valence-electron chi connectivity index (χ1n) is 5.95. The molecule has 116 valence electrons. The minimum atomic E-state index is -0.498. The lowest BCUT2D eigenvalue weighted by Gasteiger charge is -2.08. The van der Waals surface area contributed by atoms with Crippen molar-refractivity contribution < 1.29 is 9.13 Å². The summed E-state index contributed by atoms with van der Waals surface area (Å²) in [5.74, 6) is -0.175. The van der Waals surface area contributed by atoms with E-state index in [2.05, 4.69) is 20.5 Å². The number of hydrazone groups is 1. The lowest BCUT2D eigenvalue weighted by atomic mass is 10.3. The lowest BCUT2D eigenvalue weighted by Crippen LogP contribution is -2.00. The van der Waals surface area contributed by atoms with Crippen LogP contribution in [0.15, 0.2) is 28.5 Å². The van der Waals surface area contributed by atoms with Crippen LogP contribution < -0.4 is 10.2 Å². The Morgan fingerprint density at radius 2 is 2.00 bits per heavy atom. The number of benzene rings is 1. The second kappa shape index (κ2) is 7.62. The predicted molar refractivity (Wildman–Crippen MR) is 88.0 cm³/mol. The number of rotatable bonds is 5. The molecule has 5 nitrogen and oxygen atoms in total. The SMILES string of the molecule is COc1cccc(F)c1N/N=C/c1c(Cl)nc(SC)nc1Cl. The van der Waals surface area contributed by atoms with Gasteiger partial charge in [-0.3, -0.25) is 5.43 Å². The van der Waals surface area contributed by atoms with Crippen LogP contribution >= 0.6 is 35.0 Å². The summed E-state index contributed by atoms with van der Waals surface area (Å²) in [4.78, 5) is 8.09. The Bertz CT molecular complexity index is 691. The number of nitrogens with zero attached hydrogens (tertiary/aromatic N) is 3. The molecule has 0 radical (unpaired) electrons. The summed E-state index contributed by atoms with van der Waals surface area (Å²) in [7, 11) is 1.44. The van der Waals surface area contributed by atoms with E-state index in [0.717, 1.165) is 0 Å². The van der Waals surface area contributed by atoms with Crippen LogP contribution in [0.3, 0.4) is 0 Å². The maximum Gasteiger partial charge on any atom is 0.190 e. The molecule has 0 saturated heterocycles. The maximum atomic E-state index is 13.7. The maximum absolute atomic E-state index is 13.7. The quantitative estimate of drug-likeness (QED) is 0.286. The largest absolute Gasteiger partial charge is 0.494 e. The summed E-state index contributed by atoms with van der Waals surface area (Å²) >= 11 is 13.4. The van der Waals surface area contributed by atoms with Gasteiger partial charge < -0.3 is 4.74 Å². The van der Waals surface area contributed by atoms with Gasteiger partial charge in [0, 0.05) is 0 Å². The number of methoxy groups -OCH3 is 1. The average molecular weight is 361 g/mol. The molecule has 1 aromatic carbocycles. The number of aromatic nitrogens is 2. The number of nitrogens with one attached hydrogen (secondary N) is 1. The zero-order valence-electron chi connectivity index (χ0n) is 11.6. The van der Waals surface area contributed by atoms with Gasteiger partial charge in [-0.1, -0.05) is 41.0 Å². The molecule has 0 spiro atoms. The number of anilines is 1. The topological polar surface area (TPSA) is 59.4 Å².